The molecule has 1 amide bonds. The lowest BCUT2D eigenvalue weighted by Crippen LogP contribution is -2.29. The zero-order valence-electron chi connectivity index (χ0n) is 16.6. The lowest BCUT2D eigenvalue weighted by molar-refractivity contribution is 0.0956. The molecule has 0 saturated carbocycles. The van der Waals surface area contributed by atoms with Gasteiger partial charge in [0.15, 0.2) is 0 Å². The minimum Gasteiger partial charge on any atom is -0.352 e. The topological polar surface area (TPSA) is 84.7 Å². The number of rotatable bonds is 7. The third-order valence-corrected chi connectivity index (χ3v) is 4.56. The molecule has 7 nitrogen and oxygen atoms in total. The fourth-order valence-corrected chi connectivity index (χ4v) is 3.02. The van der Waals surface area contributed by atoms with E-state index in [1.54, 1.807) is 29.3 Å². The quantitative estimate of drug-likeness (QED) is 0.466. The predicted molar refractivity (Wildman–Crippen MR) is 117 cm³/mol. The van der Waals surface area contributed by atoms with Gasteiger partial charge < -0.3 is 10.6 Å². The standard InChI is InChI=1S/C23H22N6O/c1-17-8-10-19(11-9-17)29-16-20(21(28-29)18-6-3-2-4-7-18)22(30)24-14-15-27-23-25-12-5-13-26-23/h2-13,16H,14-15H2,1H3,(H,24,30)(H,25,26,27). The molecule has 0 aliphatic carbocycles. The second kappa shape index (κ2) is 9.00. The number of hydrogen-bond acceptors (Lipinski definition) is 5. The van der Waals surface area contributed by atoms with Crippen LogP contribution in [0.1, 0.15) is 15.9 Å². The Morgan fingerprint density at radius 2 is 1.67 bits per heavy atom. The Kier molecular flexibility index (Phi) is 5.80. The minimum atomic E-state index is -0.178. The molecule has 150 valence electrons. The Labute approximate surface area is 174 Å². The zero-order valence-corrected chi connectivity index (χ0v) is 16.6. The molecule has 0 aliphatic heterocycles. The molecule has 0 radical (unpaired) electrons. The van der Waals surface area contributed by atoms with Gasteiger partial charge in [-0.2, -0.15) is 5.10 Å². The van der Waals surface area contributed by atoms with E-state index in [4.69, 9.17) is 5.10 Å². The molecular weight excluding hydrogens is 376 g/mol. The van der Waals surface area contributed by atoms with E-state index < -0.39 is 0 Å². The molecule has 4 rings (SSSR count). The van der Waals surface area contributed by atoms with E-state index in [1.807, 2.05) is 61.5 Å². The Morgan fingerprint density at radius 1 is 0.933 bits per heavy atom. The number of aryl methyl sites for hydroxylation is 1. The summed E-state index contributed by atoms with van der Waals surface area (Å²) < 4.78 is 1.74. The normalized spacial score (nSPS) is 10.6. The number of hydrogen-bond donors (Lipinski definition) is 2. The first-order chi connectivity index (χ1) is 14.7. The number of nitrogens with zero attached hydrogens (tertiary/aromatic N) is 4. The van der Waals surface area contributed by atoms with Crippen LogP contribution >= 0.6 is 0 Å². The van der Waals surface area contributed by atoms with Crippen molar-refractivity contribution in [3.05, 3.63) is 90.4 Å². The van der Waals surface area contributed by atoms with Crippen molar-refractivity contribution in [1.29, 1.82) is 0 Å². The van der Waals surface area contributed by atoms with Gasteiger partial charge in [0, 0.05) is 37.2 Å². The first-order valence-corrected chi connectivity index (χ1v) is 9.72. The van der Waals surface area contributed by atoms with Crippen molar-refractivity contribution >= 4 is 11.9 Å². The van der Waals surface area contributed by atoms with E-state index in [0.717, 1.165) is 11.3 Å². The van der Waals surface area contributed by atoms with Gasteiger partial charge in [-0.05, 0) is 25.1 Å². The number of amides is 1. The summed E-state index contributed by atoms with van der Waals surface area (Å²) in [5.41, 5.74) is 4.14. The minimum absolute atomic E-state index is 0.178. The van der Waals surface area contributed by atoms with Gasteiger partial charge in [-0.1, -0.05) is 48.0 Å². The molecule has 2 aromatic carbocycles. The molecule has 0 atom stereocenters. The highest BCUT2D eigenvalue weighted by atomic mass is 16.1. The fourth-order valence-electron chi connectivity index (χ4n) is 3.02. The molecule has 30 heavy (non-hydrogen) atoms. The third kappa shape index (κ3) is 4.52. The van der Waals surface area contributed by atoms with Gasteiger partial charge in [-0.3, -0.25) is 4.79 Å². The van der Waals surface area contributed by atoms with Crippen molar-refractivity contribution < 1.29 is 4.79 Å². The van der Waals surface area contributed by atoms with Gasteiger partial charge >= 0.3 is 0 Å². The van der Waals surface area contributed by atoms with Crippen LogP contribution in [-0.4, -0.2) is 38.7 Å². The van der Waals surface area contributed by atoms with Gasteiger partial charge in [0.1, 0.15) is 5.69 Å². The second-order valence-electron chi connectivity index (χ2n) is 6.79. The Bertz CT molecular complexity index is 1110. The largest absolute Gasteiger partial charge is 0.352 e. The van der Waals surface area contributed by atoms with E-state index in [9.17, 15) is 4.79 Å². The average molecular weight is 398 g/mol. The van der Waals surface area contributed by atoms with Gasteiger partial charge in [0.2, 0.25) is 5.95 Å². The SMILES string of the molecule is Cc1ccc(-n2cc(C(=O)NCCNc3ncccn3)c(-c3ccccc3)n2)cc1. The van der Waals surface area contributed by atoms with Crippen LogP contribution in [0.25, 0.3) is 16.9 Å². The lowest BCUT2D eigenvalue weighted by atomic mass is 10.1. The van der Waals surface area contributed by atoms with Crippen LogP contribution in [0, 0.1) is 6.92 Å². The third-order valence-electron chi connectivity index (χ3n) is 4.56. The van der Waals surface area contributed by atoms with Crippen LogP contribution < -0.4 is 10.6 Å². The van der Waals surface area contributed by atoms with Crippen molar-refractivity contribution in [3.8, 4) is 16.9 Å². The number of carbonyl (C=O) groups is 1. The lowest BCUT2D eigenvalue weighted by Gasteiger charge is -2.06. The molecule has 7 heteroatoms. The van der Waals surface area contributed by atoms with E-state index in [2.05, 4.69) is 20.6 Å². The predicted octanol–water partition coefficient (Wildman–Crippen LogP) is 3.48. The molecule has 2 aromatic heterocycles. The Hall–Kier alpha value is -4.00. The van der Waals surface area contributed by atoms with Crippen molar-refractivity contribution in [2.75, 3.05) is 18.4 Å². The molecule has 0 fully saturated rings. The zero-order chi connectivity index (χ0) is 20.8. The summed E-state index contributed by atoms with van der Waals surface area (Å²) in [5, 5.41) is 10.7. The maximum atomic E-state index is 12.9. The van der Waals surface area contributed by atoms with Crippen LogP contribution in [0.15, 0.2) is 79.3 Å². The average Bonchev–Trinajstić information content (AvgIpc) is 3.24. The molecule has 0 bridgehead atoms. The molecule has 2 heterocycles. The first-order valence-electron chi connectivity index (χ1n) is 9.72. The highest BCUT2D eigenvalue weighted by molar-refractivity contribution is 5.99. The van der Waals surface area contributed by atoms with E-state index in [0.29, 0.717) is 30.3 Å². The van der Waals surface area contributed by atoms with Crippen molar-refractivity contribution in [2.24, 2.45) is 0 Å². The van der Waals surface area contributed by atoms with Crippen LogP contribution in [0.4, 0.5) is 5.95 Å². The summed E-state index contributed by atoms with van der Waals surface area (Å²) in [6.07, 6.45) is 5.11. The molecular formula is C23H22N6O. The number of benzene rings is 2. The van der Waals surface area contributed by atoms with Crippen molar-refractivity contribution in [3.63, 3.8) is 0 Å². The maximum Gasteiger partial charge on any atom is 0.255 e. The number of aromatic nitrogens is 4. The van der Waals surface area contributed by atoms with Gasteiger partial charge in [0.05, 0.1) is 11.3 Å². The van der Waals surface area contributed by atoms with E-state index >= 15 is 0 Å². The van der Waals surface area contributed by atoms with Crippen LogP contribution in [0.2, 0.25) is 0 Å². The summed E-state index contributed by atoms with van der Waals surface area (Å²) in [7, 11) is 0. The molecule has 0 unspecified atom stereocenters. The summed E-state index contributed by atoms with van der Waals surface area (Å²) in [6.45, 7) is 2.99. The fraction of sp³-hybridized carbons (Fsp3) is 0.130. The van der Waals surface area contributed by atoms with Crippen LogP contribution in [0.3, 0.4) is 0 Å². The molecule has 4 aromatic rings. The first kappa shape index (κ1) is 19.3. The molecule has 0 spiro atoms. The number of nitrogens with one attached hydrogen (secondary N) is 2. The van der Waals surface area contributed by atoms with E-state index in [1.165, 1.54) is 5.56 Å². The highest BCUT2D eigenvalue weighted by Gasteiger charge is 2.18. The van der Waals surface area contributed by atoms with Gasteiger partial charge in [-0.15, -0.1) is 0 Å². The number of carbonyl (C=O) groups excluding carboxylic acids is 1. The van der Waals surface area contributed by atoms with Gasteiger partial charge in [-0.25, -0.2) is 14.6 Å². The second-order valence-corrected chi connectivity index (χ2v) is 6.79. The molecule has 0 aliphatic rings. The summed E-state index contributed by atoms with van der Waals surface area (Å²) in [4.78, 5) is 21.1. The monoisotopic (exact) mass is 398 g/mol. The summed E-state index contributed by atoms with van der Waals surface area (Å²) >= 11 is 0. The highest BCUT2D eigenvalue weighted by Crippen LogP contribution is 2.23. The maximum absolute atomic E-state index is 12.9. The van der Waals surface area contributed by atoms with Crippen LogP contribution in [-0.2, 0) is 0 Å². The van der Waals surface area contributed by atoms with Crippen molar-refractivity contribution in [1.82, 2.24) is 25.1 Å². The molecule has 0 saturated heterocycles. The number of anilines is 1. The molecule has 2 N–H and O–H groups in total. The summed E-state index contributed by atoms with van der Waals surface area (Å²) in [6, 6.07) is 19.5. The Morgan fingerprint density at radius 3 is 2.40 bits per heavy atom. The summed E-state index contributed by atoms with van der Waals surface area (Å²) in [5.74, 6) is 0.354. The van der Waals surface area contributed by atoms with Gasteiger partial charge in [0.25, 0.3) is 5.91 Å². The van der Waals surface area contributed by atoms with E-state index in [-0.39, 0.29) is 5.91 Å². The Balaban J connectivity index is 1.53. The van der Waals surface area contributed by atoms with Crippen molar-refractivity contribution in [2.45, 2.75) is 6.92 Å². The smallest absolute Gasteiger partial charge is 0.255 e. The van der Waals surface area contributed by atoms with Crippen LogP contribution in [0.5, 0.6) is 0 Å².